The molecule has 0 amide bonds. The first-order chi connectivity index (χ1) is 12.7. The zero-order valence-corrected chi connectivity index (χ0v) is 15.6. The van der Waals surface area contributed by atoms with Crippen molar-refractivity contribution >= 4 is 24.8 Å². The van der Waals surface area contributed by atoms with Crippen LogP contribution in [0.15, 0.2) is 91.0 Å². The molecule has 0 spiro atoms. The van der Waals surface area contributed by atoms with Crippen molar-refractivity contribution in [2.24, 2.45) is 0 Å². The van der Waals surface area contributed by atoms with Crippen LogP contribution in [0.25, 0.3) is 0 Å². The second-order valence-corrected chi connectivity index (χ2v) is 9.46. The van der Waals surface area contributed by atoms with Gasteiger partial charge in [0.05, 0.1) is 13.5 Å². The third kappa shape index (κ3) is 3.60. The maximum absolute atomic E-state index is 17.0. The van der Waals surface area contributed by atoms with Crippen LogP contribution in [0.5, 0.6) is 0 Å². The normalized spacial score (nSPS) is 12.4. The molecule has 1 atom stereocenters. The van der Waals surface area contributed by atoms with Crippen molar-refractivity contribution in [3.63, 3.8) is 0 Å². The molecule has 0 saturated carbocycles. The largest absolute Gasteiger partial charge is 0.469 e. The van der Waals surface area contributed by atoms with Crippen LogP contribution in [0.3, 0.4) is 0 Å². The molecule has 0 saturated heterocycles. The molecule has 0 fully saturated rings. The Morgan fingerprint density at radius 1 is 0.846 bits per heavy atom. The highest BCUT2D eigenvalue weighted by Crippen LogP contribution is 2.31. The van der Waals surface area contributed by atoms with Crippen LogP contribution in [0, 0.1) is 0 Å². The van der Waals surface area contributed by atoms with E-state index in [-0.39, 0.29) is 6.42 Å². The van der Waals surface area contributed by atoms with E-state index in [1.165, 1.54) is 7.11 Å². The maximum Gasteiger partial charge on any atom is 0.316 e. The van der Waals surface area contributed by atoms with E-state index in [1.54, 1.807) is 0 Å². The summed E-state index contributed by atoms with van der Waals surface area (Å²) in [6.07, 6.45) is 0.00697. The molecular formula is C22H21FO2Si. The van der Waals surface area contributed by atoms with Gasteiger partial charge < -0.3 is 8.84 Å². The highest BCUT2D eigenvalue weighted by Gasteiger charge is 2.48. The lowest BCUT2D eigenvalue weighted by molar-refractivity contribution is -0.140. The van der Waals surface area contributed by atoms with Gasteiger partial charge in [-0.15, -0.1) is 0 Å². The molecule has 0 bridgehead atoms. The summed E-state index contributed by atoms with van der Waals surface area (Å²) in [5.41, 5.74) is 0.251. The molecule has 1 unspecified atom stereocenters. The molecular weight excluding hydrogens is 343 g/mol. The second-order valence-electron chi connectivity index (χ2n) is 6.19. The minimum Gasteiger partial charge on any atom is -0.469 e. The lowest BCUT2D eigenvalue weighted by Gasteiger charge is -2.32. The molecule has 0 N–H and O–H groups in total. The molecule has 0 aromatic heterocycles. The first kappa shape index (κ1) is 18.1. The lowest BCUT2D eigenvalue weighted by Crippen LogP contribution is -2.59. The number of benzene rings is 3. The summed E-state index contributed by atoms with van der Waals surface area (Å²) >= 11 is 0. The Balaban J connectivity index is 2.21. The number of hydrogen-bond donors (Lipinski definition) is 0. The number of methoxy groups -OCH3 is 1. The molecule has 132 valence electrons. The van der Waals surface area contributed by atoms with Gasteiger partial charge in [0.2, 0.25) is 0 Å². The average molecular weight is 364 g/mol. The first-order valence-electron chi connectivity index (χ1n) is 8.58. The predicted octanol–water partition coefficient (Wildman–Crippen LogP) is 3.60. The van der Waals surface area contributed by atoms with Crippen LogP contribution in [-0.4, -0.2) is 21.5 Å². The van der Waals surface area contributed by atoms with Crippen LogP contribution in [-0.2, 0) is 9.53 Å². The SMILES string of the molecule is COC(=O)CC(c1ccccc1)[Si](F)(c1ccccc1)c1ccccc1. The van der Waals surface area contributed by atoms with Crippen LogP contribution in [0.2, 0.25) is 0 Å². The standard InChI is InChI=1S/C22H21FO2Si/c1-25-22(24)17-21(18-11-5-2-6-12-18)26(23,19-13-7-3-8-14-19)20-15-9-4-10-16-20/h2-16,21H,17H2,1H3. The Labute approximate surface area is 154 Å². The Morgan fingerprint density at radius 2 is 1.27 bits per heavy atom. The monoisotopic (exact) mass is 364 g/mol. The topological polar surface area (TPSA) is 26.3 Å². The van der Waals surface area contributed by atoms with E-state index in [1.807, 2.05) is 91.0 Å². The van der Waals surface area contributed by atoms with Gasteiger partial charge >= 0.3 is 14.4 Å². The summed E-state index contributed by atoms with van der Waals surface area (Å²) in [7, 11) is -2.41. The number of rotatable bonds is 6. The first-order valence-corrected chi connectivity index (χ1v) is 10.5. The number of halogens is 1. The third-order valence-corrected chi connectivity index (χ3v) is 8.51. The number of hydrogen-bond acceptors (Lipinski definition) is 2. The Morgan fingerprint density at radius 3 is 1.69 bits per heavy atom. The van der Waals surface area contributed by atoms with Crippen molar-refractivity contribution in [1.29, 1.82) is 0 Å². The van der Waals surface area contributed by atoms with E-state index in [0.717, 1.165) is 5.56 Å². The van der Waals surface area contributed by atoms with Gasteiger partial charge in [-0.25, -0.2) is 0 Å². The molecule has 0 aliphatic rings. The van der Waals surface area contributed by atoms with Crippen molar-refractivity contribution in [2.75, 3.05) is 7.11 Å². The van der Waals surface area contributed by atoms with Crippen molar-refractivity contribution < 1.29 is 13.6 Å². The summed E-state index contributed by atoms with van der Waals surface area (Å²) in [6, 6.07) is 27.9. The number of esters is 1. The van der Waals surface area contributed by atoms with Gasteiger partial charge in [0.25, 0.3) is 0 Å². The van der Waals surface area contributed by atoms with Gasteiger partial charge in [-0.3, -0.25) is 4.79 Å². The van der Waals surface area contributed by atoms with Crippen molar-refractivity contribution in [1.82, 2.24) is 0 Å². The van der Waals surface area contributed by atoms with E-state index < -0.39 is 19.9 Å². The van der Waals surface area contributed by atoms with Crippen molar-refractivity contribution in [2.45, 2.75) is 12.0 Å². The second kappa shape index (κ2) is 8.10. The van der Waals surface area contributed by atoms with Gasteiger partial charge in [0.1, 0.15) is 0 Å². The molecule has 2 nitrogen and oxygen atoms in total. The molecule has 0 aliphatic carbocycles. The number of carbonyl (C=O) groups excluding carboxylic acids is 1. The van der Waals surface area contributed by atoms with E-state index in [0.29, 0.717) is 10.4 Å². The van der Waals surface area contributed by atoms with Crippen LogP contribution >= 0.6 is 0 Å². The van der Waals surface area contributed by atoms with E-state index >= 15 is 4.11 Å². The summed E-state index contributed by atoms with van der Waals surface area (Å²) in [5, 5.41) is 1.31. The quantitative estimate of drug-likeness (QED) is 0.379. The smallest absolute Gasteiger partial charge is 0.316 e. The molecule has 3 rings (SSSR count). The zero-order valence-electron chi connectivity index (χ0n) is 14.6. The minimum atomic E-state index is -3.75. The Bertz CT molecular complexity index is 798. The van der Waals surface area contributed by atoms with Gasteiger partial charge in [0, 0.05) is 5.54 Å². The van der Waals surface area contributed by atoms with Crippen molar-refractivity contribution in [3.05, 3.63) is 96.6 Å². The molecule has 0 heterocycles. The van der Waals surface area contributed by atoms with Gasteiger partial charge in [-0.05, 0) is 15.9 Å². The average Bonchev–Trinajstić information content (AvgIpc) is 2.73. The molecule has 0 radical (unpaired) electrons. The fraction of sp³-hybridized carbons (Fsp3) is 0.136. The van der Waals surface area contributed by atoms with Crippen molar-refractivity contribution in [3.8, 4) is 0 Å². The highest BCUT2D eigenvalue weighted by atomic mass is 28.4. The van der Waals surface area contributed by atoms with Crippen LogP contribution in [0.1, 0.15) is 17.5 Å². The van der Waals surface area contributed by atoms with E-state index in [9.17, 15) is 4.79 Å². The summed E-state index contributed by atoms with van der Waals surface area (Å²) in [4.78, 5) is 12.1. The number of ether oxygens (including phenoxy) is 1. The number of carbonyl (C=O) groups is 1. The molecule has 26 heavy (non-hydrogen) atoms. The van der Waals surface area contributed by atoms with E-state index in [2.05, 4.69) is 0 Å². The summed E-state index contributed by atoms with van der Waals surface area (Å²) in [5.74, 6) is -0.403. The summed E-state index contributed by atoms with van der Waals surface area (Å²) < 4.78 is 21.9. The fourth-order valence-corrected chi connectivity index (χ4v) is 6.95. The highest BCUT2D eigenvalue weighted by molar-refractivity contribution is 6.98. The van der Waals surface area contributed by atoms with Crippen LogP contribution < -0.4 is 10.4 Å². The lowest BCUT2D eigenvalue weighted by atomic mass is 10.1. The molecule has 0 aliphatic heterocycles. The van der Waals surface area contributed by atoms with E-state index in [4.69, 9.17) is 4.74 Å². The fourth-order valence-electron chi connectivity index (χ4n) is 3.35. The minimum absolute atomic E-state index is 0.00697. The Hall–Kier alpha value is -2.72. The van der Waals surface area contributed by atoms with Gasteiger partial charge in [0.15, 0.2) is 0 Å². The maximum atomic E-state index is 17.0. The van der Waals surface area contributed by atoms with Crippen LogP contribution in [0.4, 0.5) is 4.11 Å². The zero-order chi connectivity index (χ0) is 18.4. The third-order valence-electron chi connectivity index (χ3n) is 4.67. The Kier molecular flexibility index (Phi) is 5.64. The predicted molar refractivity (Wildman–Crippen MR) is 105 cm³/mol. The summed E-state index contributed by atoms with van der Waals surface area (Å²) in [6.45, 7) is 0. The molecule has 3 aromatic rings. The molecule has 3 aromatic carbocycles. The van der Waals surface area contributed by atoms with Gasteiger partial charge in [-0.2, -0.15) is 0 Å². The van der Waals surface area contributed by atoms with Gasteiger partial charge in [-0.1, -0.05) is 91.0 Å². The molecule has 4 heteroatoms.